The molecule has 0 unspecified atom stereocenters. The van der Waals surface area contributed by atoms with Gasteiger partial charge in [0.25, 0.3) is 0 Å². The first-order valence-corrected chi connectivity index (χ1v) is 6.64. The molecule has 5 heteroatoms. The maximum Gasteiger partial charge on any atom is 0.355 e. The monoisotopic (exact) mass is 281 g/mol. The Morgan fingerprint density at radius 2 is 2.00 bits per heavy atom. The van der Waals surface area contributed by atoms with E-state index in [1.165, 1.54) is 5.56 Å². The molecular formula is C16H15N3O2. The van der Waals surface area contributed by atoms with Crippen LogP contribution in [-0.4, -0.2) is 20.5 Å². The van der Waals surface area contributed by atoms with Gasteiger partial charge in [-0.3, -0.25) is 4.40 Å². The Balaban J connectivity index is 1.91. The fourth-order valence-corrected chi connectivity index (χ4v) is 2.26. The molecule has 0 radical (unpaired) electrons. The van der Waals surface area contributed by atoms with Gasteiger partial charge >= 0.3 is 5.97 Å². The summed E-state index contributed by atoms with van der Waals surface area (Å²) in [4.78, 5) is 15.6. The van der Waals surface area contributed by atoms with Crippen LogP contribution in [0.25, 0.3) is 5.65 Å². The quantitative estimate of drug-likeness (QED) is 0.771. The SMILES string of the molecule is Cc1ccc(CNc2ccc3nccn3c2C(=O)O)cc1. The van der Waals surface area contributed by atoms with Gasteiger partial charge in [0.15, 0.2) is 5.69 Å². The average Bonchev–Trinajstić information content (AvgIpc) is 2.94. The van der Waals surface area contributed by atoms with Crippen molar-refractivity contribution >= 4 is 17.3 Å². The van der Waals surface area contributed by atoms with Crippen molar-refractivity contribution in [2.24, 2.45) is 0 Å². The van der Waals surface area contributed by atoms with Crippen LogP contribution in [0.3, 0.4) is 0 Å². The second-order valence-corrected chi connectivity index (χ2v) is 4.90. The first-order valence-electron chi connectivity index (χ1n) is 6.64. The summed E-state index contributed by atoms with van der Waals surface area (Å²) < 4.78 is 1.57. The molecule has 0 aliphatic carbocycles. The first kappa shape index (κ1) is 13.2. The Bertz CT molecular complexity index is 791. The van der Waals surface area contributed by atoms with Gasteiger partial charge in [0.05, 0.1) is 5.69 Å². The normalized spacial score (nSPS) is 10.7. The maximum atomic E-state index is 11.5. The number of carbonyl (C=O) groups is 1. The Morgan fingerprint density at radius 1 is 1.24 bits per heavy atom. The highest BCUT2D eigenvalue weighted by atomic mass is 16.4. The molecule has 2 N–H and O–H groups in total. The van der Waals surface area contributed by atoms with Gasteiger partial charge in [-0.25, -0.2) is 9.78 Å². The lowest BCUT2D eigenvalue weighted by atomic mass is 10.1. The molecule has 21 heavy (non-hydrogen) atoms. The fourth-order valence-electron chi connectivity index (χ4n) is 2.26. The number of carboxylic acids is 1. The number of nitrogens with one attached hydrogen (secondary N) is 1. The predicted octanol–water partition coefficient (Wildman–Crippen LogP) is 2.95. The number of anilines is 1. The van der Waals surface area contributed by atoms with E-state index < -0.39 is 5.97 Å². The number of hydrogen-bond acceptors (Lipinski definition) is 3. The Morgan fingerprint density at radius 3 is 2.71 bits per heavy atom. The minimum absolute atomic E-state index is 0.192. The summed E-state index contributed by atoms with van der Waals surface area (Å²) in [6.45, 7) is 2.60. The van der Waals surface area contributed by atoms with Crippen LogP contribution in [0.5, 0.6) is 0 Å². The highest BCUT2D eigenvalue weighted by Gasteiger charge is 2.14. The van der Waals surface area contributed by atoms with Crippen molar-refractivity contribution in [3.05, 3.63) is 65.6 Å². The predicted molar refractivity (Wildman–Crippen MR) is 80.7 cm³/mol. The standard InChI is InChI=1S/C16H15N3O2/c1-11-2-4-12(5-3-11)10-18-13-6-7-14-17-8-9-19(14)15(13)16(20)21/h2-9,18H,10H2,1H3,(H,20,21). The molecule has 0 saturated heterocycles. The van der Waals surface area contributed by atoms with Crippen molar-refractivity contribution < 1.29 is 9.90 Å². The number of nitrogens with zero attached hydrogens (tertiary/aromatic N) is 2. The molecule has 5 nitrogen and oxygen atoms in total. The zero-order chi connectivity index (χ0) is 14.8. The third-order valence-corrected chi connectivity index (χ3v) is 3.37. The second kappa shape index (κ2) is 5.28. The second-order valence-electron chi connectivity index (χ2n) is 4.90. The number of aryl methyl sites for hydroxylation is 1. The summed E-state index contributed by atoms with van der Waals surface area (Å²) in [5.74, 6) is -0.981. The summed E-state index contributed by atoms with van der Waals surface area (Å²) in [5.41, 5.74) is 3.69. The molecule has 0 atom stereocenters. The third-order valence-electron chi connectivity index (χ3n) is 3.37. The summed E-state index contributed by atoms with van der Waals surface area (Å²) in [5, 5.41) is 12.6. The van der Waals surface area contributed by atoms with E-state index in [2.05, 4.69) is 10.3 Å². The Labute approximate surface area is 121 Å². The lowest BCUT2D eigenvalue weighted by Gasteiger charge is -2.11. The fraction of sp³-hybridized carbons (Fsp3) is 0.125. The molecule has 0 fully saturated rings. The average molecular weight is 281 g/mol. The topological polar surface area (TPSA) is 66.6 Å². The number of rotatable bonds is 4. The molecule has 0 saturated carbocycles. The highest BCUT2D eigenvalue weighted by molar-refractivity contribution is 5.93. The molecule has 0 aliphatic heterocycles. The number of imidazole rings is 1. The minimum atomic E-state index is -0.981. The molecule has 0 aliphatic rings. The van der Waals surface area contributed by atoms with Crippen molar-refractivity contribution in [1.29, 1.82) is 0 Å². The van der Waals surface area contributed by atoms with Gasteiger partial charge in [0.1, 0.15) is 5.65 Å². The van der Waals surface area contributed by atoms with Crippen LogP contribution in [0, 0.1) is 6.92 Å². The van der Waals surface area contributed by atoms with Gasteiger partial charge in [-0.05, 0) is 24.6 Å². The maximum absolute atomic E-state index is 11.5. The van der Waals surface area contributed by atoms with Crippen LogP contribution in [0.15, 0.2) is 48.8 Å². The van der Waals surface area contributed by atoms with Gasteiger partial charge < -0.3 is 10.4 Å². The lowest BCUT2D eigenvalue weighted by Crippen LogP contribution is -2.11. The van der Waals surface area contributed by atoms with E-state index in [1.807, 2.05) is 31.2 Å². The molecule has 2 aromatic heterocycles. The van der Waals surface area contributed by atoms with Crippen LogP contribution in [0.1, 0.15) is 21.6 Å². The van der Waals surface area contributed by atoms with Crippen LogP contribution in [0.4, 0.5) is 5.69 Å². The van der Waals surface area contributed by atoms with Crippen molar-refractivity contribution in [2.45, 2.75) is 13.5 Å². The van der Waals surface area contributed by atoms with Crippen molar-refractivity contribution in [3.63, 3.8) is 0 Å². The highest BCUT2D eigenvalue weighted by Crippen LogP contribution is 2.19. The van der Waals surface area contributed by atoms with Crippen molar-refractivity contribution in [1.82, 2.24) is 9.38 Å². The number of carboxylic acid groups (broad SMARTS) is 1. The lowest BCUT2D eigenvalue weighted by molar-refractivity contribution is 0.0690. The molecule has 0 amide bonds. The summed E-state index contributed by atoms with van der Waals surface area (Å²) >= 11 is 0. The molecule has 0 spiro atoms. The molecule has 2 heterocycles. The van der Waals surface area contributed by atoms with E-state index in [4.69, 9.17) is 0 Å². The van der Waals surface area contributed by atoms with Crippen LogP contribution < -0.4 is 5.32 Å². The van der Waals surface area contributed by atoms with Gasteiger partial charge in [-0.1, -0.05) is 29.8 Å². The Hall–Kier alpha value is -2.82. The number of fused-ring (bicyclic) bond motifs is 1. The Kier molecular flexibility index (Phi) is 3.31. The van der Waals surface area contributed by atoms with Crippen LogP contribution in [0.2, 0.25) is 0 Å². The molecular weight excluding hydrogens is 266 g/mol. The molecule has 3 aromatic rings. The van der Waals surface area contributed by atoms with E-state index in [1.54, 1.807) is 28.9 Å². The summed E-state index contributed by atoms with van der Waals surface area (Å²) in [7, 11) is 0. The largest absolute Gasteiger partial charge is 0.476 e. The number of aromatic carboxylic acids is 1. The molecule has 106 valence electrons. The number of aromatic nitrogens is 2. The van der Waals surface area contributed by atoms with Crippen LogP contribution in [-0.2, 0) is 6.54 Å². The van der Waals surface area contributed by atoms with Gasteiger partial charge in [-0.15, -0.1) is 0 Å². The first-order chi connectivity index (χ1) is 10.1. The van der Waals surface area contributed by atoms with Crippen molar-refractivity contribution in [3.8, 4) is 0 Å². The van der Waals surface area contributed by atoms with E-state index >= 15 is 0 Å². The van der Waals surface area contributed by atoms with E-state index in [9.17, 15) is 9.90 Å². The van der Waals surface area contributed by atoms with Gasteiger partial charge in [0, 0.05) is 18.9 Å². The summed E-state index contributed by atoms with van der Waals surface area (Å²) in [6, 6.07) is 11.7. The minimum Gasteiger partial charge on any atom is -0.476 e. The van der Waals surface area contributed by atoms with E-state index in [0.29, 0.717) is 17.9 Å². The van der Waals surface area contributed by atoms with Crippen LogP contribution >= 0.6 is 0 Å². The summed E-state index contributed by atoms with van der Waals surface area (Å²) in [6.07, 6.45) is 3.24. The molecule has 3 rings (SSSR count). The van der Waals surface area contributed by atoms with Gasteiger partial charge in [0.2, 0.25) is 0 Å². The van der Waals surface area contributed by atoms with Gasteiger partial charge in [-0.2, -0.15) is 0 Å². The zero-order valence-corrected chi connectivity index (χ0v) is 11.6. The smallest absolute Gasteiger partial charge is 0.355 e. The number of benzene rings is 1. The van der Waals surface area contributed by atoms with E-state index in [-0.39, 0.29) is 5.69 Å². The van der Waals surface area contributed by atoms with Crippen molar-refractivity contribution in [2.75, 3.05) is 5.32 Å². The number of hydrogen-bond donors (Lipinski definition) is 2. The molecule has 0 bridgehead atoms. The molecule has 1 aromatic carbocycles. The van der Waals surface area contributed by atoms with E-state index in [0.717, 1.165) is 5.56 Å². The third kappa shape index (κ3) is 2.58. The zero-order valence-electron chi connectivity index (χ0n) is 11.6. The number of pyridine rings is 1.